The molecule has 1 N–H and O–H groups in total. The third kappa shape index (κ3) is 3.04. The van der Waals surface area contributed by atoms with Gasteiger partial charge < -0.3 is 5.32 Å². The number of benzene rings is 1. The highest BCUT2D eigenvalue weighted by Crippen LogP contribution is 2.23. The minimum atomic E-state index is 0.221. The fourth-order valence-corrected chi connectivity index (χ4v) is 2.39. The fourth-order valence-electron chi connectivity index (χ4n) is 2.39. The Balaban J connectivity index is 2.41. The van der Waals surface area contributed by atoms with Gasteiger partial charge in [-0.1, -0.05) is 44.2 Å². The van der Waals surface area contributed by atoms with E-state index in [0.717, 1.165) is 25.2 Å². The Morgan fingerprint density at radius 3 is 2.47 bits per heavy atom. The van der Waals surface area contributed by atoms with Gasteiger partial charge in [0.05, 0.1) is 17.4 Å². The van der Waals surface area contributed by atoms with Crippen molar-refractivity contribution in [2.45, 2.75) is 39.8 Å². The van der Waals surface area contributed by atoms with Crippen LogP contribution in [0, 0.1) is 0 Å². The summed E-state index contributed by atoms with van der Waals surface area (Å²) in [7, 11) is 0. The van der Waals surface area contributed by atoms with E-state index >= 15 is 0 Å². The number of nitrogens with one attached hydrogen (secondary N) is 1. The van der Waals surface area contributed by atoms with Crippen molar-refractivity contribution in [2.24, 2.45) is 0 Å². The molecule has 0 bridgehead atoms. The van der Waals surface area contributed by atoms with Crippen LogP contribution in [0.4, 0.5) is 0 Å². The van der Waals surface area contributed by atoms with Crippen molar-refractivity contribution < 1.29 is 0 Å². The molecule has 0 radical (unpaired) electrons. The van der Waals surface area contributed by atoms with Crippen molar-refractivity contribution in [1.29, 1.82) is 0 Å². The Morgan fingerprint density at radius 1 is 1.16 bits per heavy atom. The molecule has 1 aromatic carbocycles. The summed E-state index contributed by atoms with van der Waals surface area (Å²) in [5, 5.41) is 8.22. The van der Waals surface area contributed by atoms with Crippen LogP contribution in [0.2, 0.25) is 0 Å². The predicted molar refractivity (Wildman–Crippen MR) is 79.2 cm³/mol. The summed E-state index contributed by atoms with van der Waals surface area (Å²) < 4.78 is 2.11. The van der Waals surface area contributed by atoms with E-state index < -0.39 is 0 Å². The molecule has 3 nitrogen and oxygen atoms in total. The van der Waals surface area contributed by atoms with E-state index in [-0.39, 0.29) is 6.04 Å². The zero-order valence-electron chi connectivity index (χ0n) is 12.1. The molecule has 1 unspecified atom stereocenters. The molecule has 1 aromatic heterocycles. The first-order valence-corrected chi connectivity index (χ1v) is 7.15. The van der Waals surface area contributed by atoms with Crippen LogP contribution in [0.25, 0.3) is 0 Å². The average Bonchev–Trinajstić information content (AvgIpc) is 2.88. The Hall–Kier alpha value is -1.61. The summed E-state index contributed by atoms with van der Waals surface area (Å²) in [4.78, 5) is 0. The molecule has 0 saturated heterocycles. The molecule has 3 heteroatoms. The maximum absolute atomic E-state index is 4.65. The van der Waals surface area contributed by atoms with Crippen molar-refractivity contribution in [2.75, 3.05) is 6.54 Å². The van der Waals surface area contributed by atoms with Crippen LogP contribution in [-0.2, 0) is 13.0 Å². The highest BCUT2D eigenvalue weighted by molar-refractivity contribution is 5.29. The maximum atomic E-state index is 4.65. The van der Waals surface area contributed by atoms with Crippen molar-refractivity contribution in [3.05, 3.63) is 53.3 Å². The standard InChI is InChI=1S/C16H23N3/c1-4-14-12-15(19(6-3)18-14)16(17-5-2)13-10-8-7-9-11-13/h7-12,16-17H,4-6H2,1-3H3. The van der Waals surface area contributed by atoms with Crippen molar-refractivity contribution >= 4 is 0 Å². The van der Waals surface area contributed by atoms with E-state index in [4.69, 9.17) is 0 Å². The lowest BCUT2D eigenvalue weighted by atomic mass is 10.0. The second-order valence-corrected chi connectivity index (χ2v) is 4.63. The lowest BCUT2D eigenvalue weighted by molar-refractivity contribution is 0.540. The van der Waals surface area contributed by atoms with Crippen LogP contribution < -0.4 is 5.32 Å². The lowest BCUT2D eigenvalue weighted by Gasteiger charge is -2.19. The largest absolute Gasteiger partial charge is 0.305 e. The molecule has 1 atom stereocenters. The van der Waals surface area contributed by atoms with Gasteiger partial charge in [-0.3, -0.25) is 4.68 Å². The molecule has 102 valence electrons. The molecule has 1 heterocycles. The van der Waals surface area contributed by atoms with Gasteiger partial charge in [-0.2, -0.15) is 5.10 Å². The third-order valence-electron chi connectivity index (χ3n) is 3.36. The van der Waals surface area contributed by atoms with Gasteiger partial charge in [0, 0.05) is 6.54 Å². The Bertz CT molecular complexity index is 502. The van der Waals surface area contributed by atoms with E-state index in [9.17, 15) is 0 Å². The molecular weight excluding hydrogens is 234 g/mol. The van der Waals surface area contributed by atoms with Crippen LogP contribution >= 0.6 is 0 Å². The molecule has 2 aromatic rings. The number of aromatic nitrogens is 2. The third-order valence-corrected chi connectivity index (χ3v) is 3.36. The molecule has 0 spiro atoms. The van der Waals surface area contributed by atoms with E-state index in [0.29, 0.717) is 0 Å². The summed E-state index contributed by atoms with van der Waals surface area (Å²) in [5.74, 6) is 0. The van der Waals surface area contributed by atoms with Gasteiger partial charge in [0.25, 0.3) is 0 Å². The Labute approximate surface area is 115 Å². The normalized spacial score (nSPS) is 12.6. The average molecular weight is 257 g/mol. The zero-order valence-corrected chi connectivity index (χ0v) is 12.1. The zero-order chi connectivity index (χ0) is 13.7. The summed E-state index contributed by atoms with van der Waals surface area (Å²) in [6, 6.07) is 13.0. The molecule has 0 amide bonds. The molecular formula is C16H23N3. The predicted octanol–water partition coefficient (Wildman–Crippen LogP) is 3.16. The monoisotopic (exact) mass is 257 g/mol. The summed E-state index contributed by atoms with van der Waals surface area (Å²) in [6.07, 6.45) is 0.980. The first kappa shape index (κ1) is 13.8. The summed E-state index contributed by atoms with van der Waals surface area (Å²) >= 11 is 0. The number of aryl methyl sites for hydroxylation is 2. The number of hydrogen-bond donors (Lipinski definition) is 1. The van der Waals surface area contributed by atoms with Gasteiger partial charge in [0.2, 0.25) is 0 Å². The highest BCUT2D eigenvalue weighted by Gasteiger charge is 2.18. The first-order valence-electron chi connectivity index (χ1n) is 7.15. The van der Waals surface area contributed by atoms with Gasteiger partial charge in [-0.25, -0.2) is 0 Å². The molecule has 0 aliphatic rings. The van der Waals surface area contributed by atoms with E-state index in [2.05, 4.69) is 72.3 Å². The quantitative estimate of drug-likeness (QED) is 0.861. The van der Waals surface area contributed by atoms with Gasteiger partial charge in [-0.05, 0) is 31.5 Å². The van der Waals surface area contributed by atoms with Crippen LogP contribution in [-0.4, -0.2) is 16.3 Å². The fraction of sp³-hybridized carbons (Fsp3) is 0.438. The first-order chi connectivity index (χ1) is 9.30. The summed E-state index contributed by atoms with van der Waals surface area (Å²) in [5.41, 5.74) is 3.71. The number of nitrogens with zero attached hydrogens (tertiary/aromatic N) is 2. The van der Waals surface area contributed by atoms with Crippen LogP contribution in [0.15, 0.2) is 36.4 Å². The highest BCUT2D eigenvalue weighted by atomic mass is 15.3. The minimum absolute atomic E-state index is 0.221. The topological polar surface area (TPSA) is 29.9 Å². The van der Waals surface area contributed by atoms with E-state index in [1.165, 1.54) is 11.3 Å². The van der Waals surface area contributed by atoms with E-state index in [1.807, 2.05) is 0 Å². The van der Waals surface area contributed by atoms with Crippen molar-refractivity contribution in [1.82, 2.24) is 15.1 Å². The maximum Gasteiger partial charge on any atom is 0.0748 e. The number of hydrogen-bond acceptors (Lipinski definition) is 2. The second kappa shape index (κ2) is 6.53. The number of rotatable bonds is 6. The van der Waals surface area contributed by atoms with Gasteiger partial charge >= 0.3 is 0 Å². The van der Waals surface area contributed by atoms with Gasteiger partial charge in [-0.15, -0.1) is 0 Å². The SMILES string of the molecule is CCNC(c1ccccc1)c1cc(CC)nn1CC. The molecule has 0 saturated carbocycles. The lowest BCUT2D eigenvalue weighted by Crippen LogP contribution is -2.24. The Kier molecular flexibility index (Phi) is 4.74. The molecule has 0 aliphatic carbocycles. The van der Waals surface area contributed by atoms with E-state index in [1.54, 1.807) is 0 Å². The molecule has 0 fully saturated rings. The van der Waals surface area contributed by atoms with Crippen molar-refractivity contribution in [3.63, 3.8) is 0 Å². The van der Waals surface area contributed by atoms with Crippen LogP contribution in [0.1, 0.15) is 43.8 Å². The van der Waals surface area contributed by atoms with Crippen molar-refractivity contribution in [3.8, 4) is 0 Å². The molecule has 2 rings (SSSR count). The molecule has 19 heavy (non-hydrogen) atoms. The smallest absolute Gasteiger partial charge is 0.0748 e. The second-order valence-electron chi connectivity index (χ2n) is 4.63. The molecule has 0 aliphatic heterocycles. The Morgan fingerprint density at radius 2 is 1.89 bits per heavy atom. The summed E-state index contributed by atoms with van der Waals surface area (Å²) in [6.45, 7) is 8.28. The minimum Gasteiger partial charge on any atom is -0.305 e. The van der Waals surface area contributed by atoms with Crippen LogP contribution in [0.5, 0.6) is 0 Å². The van der Waals surface area contributed by atoms with Crippen LogP contribution in [0.3, 0.4) is 0 Å². The van der Waals surface area contributed by atoms with Gasteiger partial charge in [0.1, 0.15) is 0 Å². The van der Waals surface area contributed by atoms with Gasteiger partial charge in [0.15, 0.2) is 0 Å².